The van der Waals surface area contributed by atoms with Gasteiger partial charge in [-0.1, -0.05) is 13.8 Å². The van der Waals surface area contributed by atoms with E-state index in [2.05, 4.69) is 26.1 Å². The molecule has 0 radical (unpaired) electrons. The molecule has 0 spiro atoms. The Labute approximate surface area is 100 Å². The van der Waals surface area contributed by atoms with Crippen molar-refractivity contribution in [3.63, 3.8) is 0 Å². The summed E-state index contributed by atoms with van der Waals surface area (Å²) >= 11 is 0. The lowest BCUT2D eigenvalue weighted by atomic mass is 9.80. The molecule has 0 amide bonds. The Morgan fingerprint density at radius 2 is 2.06 bits per heavy atom. The van der Waals surface area contributed by atoms with Crippen LogP contribution in [0.5, 0.6) is 0 Å². The van der Waals surface area contributed by atoms with E-state index in [1.807, 2.05) is 0 Å². The van der Waals surface area contributed by atoms with Crippen LogP contribution in [-0.4, -0.2) is 31.8 Å². The minimum atomic E-state index is 0.475. The van der Waals surface area contributed by atoms with Crippen molar-refractivity contribution in [2.45, 2.75) is 52.2 Å². The second-order valence-corrected chi connectivity index (χ2v) is 5.24. The van der Waals surface area contributed by atoms with Crippen molar-refractivity contribution in [3.8, 4) is 0 Å². The summed E-state index contributed by atoms with van der Waals surface area (Å²) in [5, 5.41) is 3.55. The zero-order chi connectivity index (χ0) is 12.0. The molecular formula is C13H28N2O. The predicted octanol–water partition coefficient (Wildman–Crippen LogP) is 1.76. The quantitative estimate of drug-likeness (QED) is 0.665. The van der Waals surface area contributed by atoms with Crippen LogP contribution in [0.25, 0.3) is 0 Å². The molecule has 0 saturated heterocycles. The Morgan fingerprint density at radius 3 is 2.56 bits per heavy atom. The summed E-state index contributed by atoms with van der Waals surface area (Å²) in [6, 6.07) is 0.475. The second kappa shape index (κ2) is 7.25. The van der Waals surface area contributed by atoms with Crippen LogP contribution in [0.4, 0.5) is 0 Å². The van der Waals surface area contributed by atoms with Crippen LogP contribution >= 0.6 is 0 Å². The number of hydrogen-bond acceptors (Lipinski definition) is 3. The SMILES string of the molecule is CCOC1CC(CCNC(CN)C(C)C)C1. The molecule has 3 N–H and O–H groups in total. The second-order valence-electron chi connectivity index (χ2n) is 5.24. The number of hydrogen-bond donors (Lipinski definition) is 2. The van der Waals surface area contributed by atoms with Gasteiger partial charge in [0, 0.05) is 19.2 Å². The van der Waals surface area contributed by atoms with Crippen molar-refractivity contribution < 1.29 is 4.74 Å². The first-order valence-corrected chi connectivity index (χ1v) is 6.72. The van der Waals surface area contributed by atoms with Crippen LogP contribution in [0.15, 0.2) is 0 Å². The van der Waals surface area contributed by atoms with Crippen molar-refractivity contribution in [2.24, 2.45) is 17.6 Å². The Bertz CT molecular complexity index is 179. The highest BCUT2D eigenvalue weighted by atomic mass is 16.5. The fraction of sp³-hybridized carbons (Fsp3) is 1.00. The van der Waals surface area contributed by atoms with Crippen molar-refractivity contribution >= 4 is 0 Å². The fourth-order valence-corrected chi connectivity index (χ4v) is 2.35. The molecule has 1 aliphatic carbocycles. The molecule has 3 nitrogen and oxygen atoms in total. The van der Waals surface area contributed by atoms with Gasteiger partial charge in [0.05, 0.1) is 6.10 Å². The van der Waals surface area contributed by atoms with E-state index < -0.39 is 0 Å². The van der Waals surface area contributed by atoms with Gasteiger partial charge >= 0.3 is 0 Å². The summed E-state index contributed by atoms with van der Waals surface area (Å²) in [5.41, 5.74) is 5.72. The lowest BCUT2D eigenvalue weighted by Crippen LogP contribution is -2.42. The van der Waals surface area contributed by atoms with E-state index in [4.69, 9.17) is 10.5 Å². The highest BCUT2D eigenvalue weighted by Gasteiger charge is 2.28. The van der Waals surface area contributed by atoms with E-state index in [9.17, 15) is 0 Å². The molecule has 0 aromatic carbocycles. The van der Waals surface area contributed by atoms with E-state index in [1.165, 1.54) is 19.3 Å². The molecule has 0 heterocycles. The Hall–Kier alpha value is -0.120. The number of nitrogens with two attached hydrogens (primary N) is 1. The minimum Gasteiger partial charge on any atom is -0.378 e. The topological polar surface area (TPSA) is 47.3 Å². The zero-order valence-corrected chi connectivity index (χ0v) is 11.0. The minimum absolute atomic E-state index is 0.475. The smallest absolute Gasteiger partial charge is 0.0580 e. The molecule has 1 rings (SSSR count). The van der Waals surface area contributed by atoms with Crippen LogP contribution in [0.1, 0.15) is 40.0 Å². The fourth-order valence-electron chi connectivity index (χ4n) is 2.35. The van der Waals surface area contributed by atoms with E-state index in [0.29, 0.717) is 18.1 Å². The predicted molar refractivity (Wildman–Crippen MR) is 68.4 cm³/mol. The van der Waals surface area contributed by atoms with Gasteiger partial charge in [-0.05, 0) is 44.6 Å². The first-order valence-electron chi connectivity index (χ1n) is 6.72. The highest BCUT2D eigenvalue weighted by molar-refractivity contribution is 4.81. The zero-order valence-electron chi connectivity index (χ0n) is 11.0. The van der Waals surface area contributed by atoms with Crippen LogP contribution in [-0.2, 0) is 4.74 Å². The van der Waals surface area contributed by atoms with Crippen LogP contribution < -0.4 is 11.1 Å². The summed E-state index contributed by atoms with van der Waals surface area (Å²) in [6.07, 6.45) is 4.33. The maximum Gasteiger partial charge on any atom is 0.0580 e. The normalized spacial score (nSPS) is 26.8. The van der Waals surface area contributed by atoms with Crippen LogP contribution in [0, 0.1) is 11.8 Å². The Morgan fingerprint density at radius 1 is 1.38 bits per heavy atom. The number of ether oxygens (including phenoxy) is 1. The van der Waals surface area contributed by atoms with Crippen molar-refractivity contribution in [3.05, 3.63) is 0 Å². The third-order valence-corrected chi connectivity index (χ3v) is 3.61. The van der Waals surface area contributed by atoms with Gasteiger partial charge in [-0.3, -0.25) is 0 Å². The average molecular weight is 228 g/mol. The van der Waals surface area contributed by atoms with Crippen molar-refractivity contribution in [1.82, 2.24) is 5.32 Å². The van der Waals surface area contributed by atoms with E-state index in [-0.39, 0.29) is 0 Å². The molecule has 0 bridgehead atoms. The van der Waals surface area contributed by atoms with E-state index >= 15 is 0 Å². The molecule has 0 aliphatic heterocycles. The molecule has 1 unspecified atom stereocenters. The molecule has 0 aromatic rings. The molecule has 1 fully saturated rings. The largest absolute Gasteiger partial charge is 0.378 e. The molecule has 96 valence electrons. The molecule has 1 aliphatic rings. The molecule has 3 heteroatoms. The number of nitrogens with one attached hydrogen (secondary N) is 1. The van der Waals surface area contributed by atoms with Gasteiger partial charge in [-0.25, -0.2) is 0 Å². The molecule has 1 atom stereocenters. The third kappa shape index (κ3) is 4.40. The standard InChI is InChI=1S/C13H28N2O/c1-4-16-12-7-11(8-12)5-6-15-13(9-14)10(2)3/h10-13,15H,4-9,14H2,1-3H3. The molecular weight excluding hydrogens is 200 g/mol. The lowest BCUT2D eigenvalue weighted by molar-refractivity contribution is -0.0265. The molecule has 1 saturated carbocycles. The van der Waals surface area contributed by atoms with E-state index in [0.717, 1.165) is 25.6 Å². The Balaban J connectivity index is 2.00. The number of rotatable bonds is 8. The maximum atomic E-state index is 5.72. The lowest BCUT2D eigenvalue weighted by Gasteiger charge is -2.35. The Kier molecular flexibility index (Phi) is 6.32. The van der Waals surface area contributed by atoms with Gasteiger partial charge in [0.25, 0.3) is 0 Å². The molecule has 0 aromatic heterocycles. The summed E-state index contributed by atoms with van der Waals surface area (Å²) in [6.45, 7) is 9.22. The van der Waals surface area contributed by atoms with Gasteiger partial charge in [0.1, 0.15) is 0 Å². The van der Waals surface area contributed by atoms with Crippen molar-refractivity contribution in [2.75, 3.05) is 19.7 Å². The molecule has 16 heavy (non-hydrogen) atoms. The summed E-state index contributed by atoms with van der Waals surface area (Å²) in [7, 11) is 0. The van der Waals surface area contributed by atoms with Gasteiger partial charge in [-0.2, -0.15) is 0 Å². The summed E-state index contributed by atoms with van der Waals surface area (Å²) < 4.78 is 5.55. The van der Waals surface area contributed by atoms with Gasteiger partial charge in [0.15, 0.2) is 0 Å². The van der Waals surface area contributed by atoms with Gasteiger partial charge in [-0.15, -0.1) is 0 Å². The maximum absolute atomic E-state index is 5.72. The van der Waals surface area contributed by atoms with Crippen LogP contribution in [0.2, 0.25) is 0 Å². The van der Waals surface area contributed by atoms with Crippen LogP contribution in [0.3, 0.4) is 0 Å². The average Bonchev–Trinajstić information content (AvgIpc) is 2.19. The highest BCUT2D eigenvalue weighted by Crippen LogP contribution is 2.32. The van der Waals surface area contributed by atoms with Gasteiger partial charge in [0.2, 0.25) is 0 Å². The first-order chi connectivity index (χ1) is 7.67. The van der Waals surface area contributed by atoms with Crippen molar-refractivity contribution in [1.29, 1.82) is 0 Å². The summed E-state index contributed by atoms with van der Waals surface area (Å²) in [5.74, 6) is 1.50. The van der Waals surface area contributed by atoms with Gasteiger partial charge < -0.3 is 15.8 Å². The van der Waals surface area contributed by atoms with E-state index in [1.54, 1.807) is 0 Å². The third-order valence-electron chi connectivity index (χ3n) is 3.61. The monoisotopic (exact) mass is 228 g/mol. The first kappa shape index (κ1) is 13.9. The summed E-state index contributed by atoms with van der Waals surface area (Å²) in [4.78, 5) is 0.